The van der Waals surface area contributed by atoms with E-state index < -0.39 is 11.9 Å². The van der Waals surface area contributed by atoms with Crippen molar-refractivity contribution in [3.8, 4) is 0 Å². The Bertz CT molecular complexity index is 1040. The molecule has 0 N–H and O–H groups in total. The van der Waals surface area contributed by atoms with Gasteiger partial charge in [-0.1, -0.05) is 36.4 Å². The number of carbonyl (C=O) groups excluding carboxylic acids is 2. The maximum absolute atomic E-state index is 12.4. The molecule has 0 bridgehead atoms. The molecule has 2 heterocycles. The van der Waals surface area contributed by atoms with Crippen molar-refractivity contribution >= 4 is 33.9 Å². The average Bonchev–Trinajstić information content (AvgIpc) is 3.14. The van der Waals surface area contributed by atoms with Crippen molar-refractivity contribution in [2.45, 2.75) is 13.8 Å². The summed E-state index contributed by atoms with van der Waals surface area (Å²) in [6, 6.07) is 14.5. The van der Waals surface area contributed by atoms with Crippen molar-refractivity contribution in [1.29, 1.82) is 0 Å². The van der Waals surface area contributed by atoms with Crippen LogP contribution in [-0.4, -0.2) is 11.9 Å². The number of furan rings is 2. The highest BCUT2D eigenvalue weighted by atomic mass is 16.6. The lowest BCUT2D eigenvalue weighted by molar-refractivity contribution is 0.0355. The van der Waals surface area contributed by atoms with Gasteiger partial charge in [0.2, 0.25) is 11.5 Å². The van der Waals surface area contributed by atoms with E-state index in [0.717, 1.165) is 10.8 Å². The molecule has 0 amide bonds. The van der Waals surface area contributed by atoms with Crippen molar-refractivity contribution in [3.05, 3.63) is 71.2 Å². The highest BCUT2D eigenvalue weighted by Crippen LogP contribution is 2.28. The quantitative estimate of drug-likeness (QED) is 0.389. The first-order chi connectivity index (χ1) is 12.1. The lowest BCUT2D eigenvalue weighted by Gasteiger charge is -2.00. The third kappa shape index (κ3) is 2.41. The van der Waals surface area contributed by atoms with Crippen LogP contribution in [0, 0.1) is 13.8 Å². The van der Waals surface area contributed by atoms with Gasteiger partial charge in [0.25, 0.3) is 0 Å². The van der Waals surface area contributed by atoms with Crippen molar-refractivity contribution in [1.82, 2.24) is 0 Å². The summed E-state index contributed by atoms with van der Waals surface area (Å²) in [5.41, 5.74) is 2.41. The van der Waals surface area contributed by atoms with Crippen LogP contribution in [-0.2, 0) is 4.74 Å². The van der Waals surface area contributed by atoms with Gasteiger partial charge in [-0.05, 0) is 26.0 Å². The summed E-state index contributed by atoms with van der Waals surface area (Å²) in [5, 5.41) is 1.61. The second-order valence-corrected chi connectivity index (χ2v) is 5.78. The number of esters is 2. The highest BCUT2D eigenvalue weighted by molar-refractivity contribution is 6.05. The summed E-state index contributed by atoms with van der Waals surface area (Å²) in [4.78, 5) is 24.7. The molecule has 124 valence electrons. The molecule has 0 atom stereocenters. The second kappa shape index (κ2) is 5.63. The number of para-hydroxylation sites is 2. The van der Waals surface area contributed by atoms with Crippen LogP contribution in [0.4, 0.5) is 0 Å². The fraction of sp³-hybridized carbons (Fsp3) is 0.100. The summed E-state index contributed by atoms with van der Waals surface area (Å²) in [6.07, 6.45) is 0. The molecule has 5 nitrogen and oxygen atoms in total. The standard InChI is InChI=1S/C20H14O5/c1-11-13-7-3-5-9-15(13)23-17(11)19(21)25-20(22)18-12(2)14-8-4-6-10-16(14)24-18/h3-10H,1-2H3. The van der Waals surface area contributed by atoms with Crippen LogP contribution in [0.2, 0.25) is 0 Å². The Balaban J connectivity index is 1.66. The number of ether oxygens (including phenoxy) is 1. The van der Waals surface area contributed by atoms with E-state index in [9.17, 15) is 9.59 Å². The molecule has 2 aromatic heterocycles. The number of fused-ring (bicyclic) bond motifs is 2. The van der Waals surface area contributed by atoms with Crippen molar-refractivity contribution < 1.29 is 23.2 Å². The van der Waals surface area contributed by atoms with E-state index in [1.807, 2.05) is 36.4 Å². The Hall–Kier alpha value is -3.34. The zero-order chi connectivity index (χ0) is 17.6. The number of hydrogen-bond acceptors (Lipinski definition) is 5. The van der Waals surface area contributed by atoms with Gasteiger partial charge in [-0.25, -0.2) is 9.59 Å². The third-order valence-corrected chi connectivity index (χ3v) is 4.24. The summed E-state index contributed by atoms with van der Waals surface area (Å²) in [5.74, 6) is -1.64. The van der Waals surface area contributed by atoms with E-state index in [1.165, 1.54) is 0 Å². The predicted octanol–water partition coefficient (Wildman–Crippen LogP) is 4.79. The summed E-state index contributed by atoms with van der Waals surface area (Å²) < 4.78 is 16.0. The van der Waals surface area contributed by atoms with Crippen molar-refractivity contribution in [3.63, 3.8) is 0 Å². The smallest absolute Gasteiger partial charge is 0.382 e. The lowest BCUT2D eigenvalue weighted by Crippen LogP contribution is -2.13. The van der Waals surface area contributed by atoms with Crippen LogP contribution in [0.5, 0.6) is 0 Å². The monoisotopic (exact) mass is 334 g/mol. The molecule has 0 saturated heterocycles. The normalized spacial score (nSPS) is 11.1. The second-order valence-electron chi connectivity index (χ2n) is 5.78. The Morgan fingerprint density at radius 1 is 0.720 bits per heavy atom. The Morgan fingerprint density at radius 2 is 1.12 bits per heavy atom. The van der Waals surface area contributed by atoms with Crippen LogP contribution in [0.3, 0.4) is 0 Å². The SMILES string of the molecule is Cc1c(C(=O)OC(=O)c2oc3ccccc3c2C)oc2ccccc12. The van der Waals surface area contributed by atoms with Crippen LogP contribution in [0.1, 0.15) is 32.2 Å². The molecule has 4 aromatic rings. The molecule has 0 unspecified atom stereocenters. The molecule has 0 radical (unpaired) electrons. The van der Waals surface area contributed by atoms with Crippen LogP contribution < -0.4 is 0 Å². The molecule has 25 heavy (non-hydrogen) atoms. The minimum Gasteiger partial charge on any atom is -0.449 e. The van der Waals surface area contributed by atoms with Crippen LogP contribution >= 0.6 is 0 Å². The molecular weight excluding hydrogens is 320 g/mol. The number of benzene rings is 2. The van der Waals surface area contributed by atoms with Gasteiger partial charge in [-0.3, -0.25) is 0 Å². The van der Waals surface area contributed by atoms with E-state index in [1.54, 1.807) is 26.0 Å². The molecule has 0 aliphatic rings. The zero-order valence-corrected chi connectivity index (χ0v) is 13.7. The van der Waals surface area contributed by atoms with Crippen molar-refractivity contribution in [2.75, 3.05) is 0 Å². The first-order valence-electron chi connectivity index (χ1n) is 7.79. The van der Waals surface area contributed by atoms with E-state index in [0.29, 0.717) is 22.3 Å². The fourth-order valence-electron chi connectivity index (χ4n) is 2.91. The van der Waals surface area contributed by atoms with Crippen LogP contribution in [0.25, 0.3) is 21.9 Å². The number of hydrogen-bond donors (Lipinski definition) is 0. The van der Waals surface area contributed by atoms with E-state index in [2.05, 4.69) is 0 Å². The molecule has 0 aliphatic heterocycles. The molecule has 0 aliphatic carbocycles. The topological polar surface area (TPSA) is 69.7 Å². The molecule has 5 heteroatoms. The molecule has 0 saturated carbocycles. The van der Waals surface area contributed by atoms with Crippen molar-refractivity contribution in [2.24, 2.45) is 0 Å². The van der Waals surface area contributed by atoms with Crippen LogP contribution in [0.15, 0.2) is 57.4 Å². The first-order valence-corrected chi connectivity index (χ1v) is 7.79. The van der Waals surface area contributed by atoms with E-state index in [-0.39, 0.29) is 11.5 Å². The minimum atomic E-state index is -0.835. The van der Waals surface area contributed by atoms with Gasteiger partial charge >= 0.3 is 11.9 Å². The Kier molecular flexibility index (Phi) is 3.42. The van der Waals surface area contributed by atoms with Gasteiger partial charge in [0.05, 0.1) is 0 Å². The fourth-order valence-corrected chi connectivity index (χ4v) is 2.91. The maximum Gasteiger partial charge on any atom is 0.382 e. The predicted molar refractivity (Wildman–Crippen MR) is 91.6 cm³/mol. The molecule has 0 fully saturated rings. The lowest BCUT2D eigenvalue weighted by atomic mass is 10.1. The van der Waals surface area contributed by atoms with Gasteiger partial charge in [0, 0.05) is 21.9 Å². The molecule has 4 rings (SSSR count). The molecule has 0 spiro atoms. The average molecular weight is 334 g/mol. The number of rotatable bonds is 2. The minimum absolute atomic E-state index is 0.0170. The zero-order valence-electron chi connectivity index (χ0n) is 13.7. The Labute approximate surface area is 142 Å². The first kappa shape index (κ1) is 15.2. The van der Waals surface area contributed by atoms with Gasteiger partial charge in [-0.2, -0.15) is 0 Å². The largest absolute Gasteiger partial charge is 0.449 e. The van der Waals surface area contributed by atoms with Gasteiger partial charge < -0.3 is 13.6 Å². The van der Waals surface area contributed by atoms with E-state index in [4.69, 9.17) is 13.6 Å². The molecule has 2 aromatic carbocycles. The van der Waals surface area contributed by atoms with E-state index >= 15 is 0 Å². The maximum atomic E-state index is 12.4. The summed E-state index contributed by atoms with van der Waals surface area (Å²) in [6.45, 7) is 3.50. The number of aryl methyl sites for hydroxylation is 2. The van der Waals surface area contributed by atoms with Gasteiger partial charge in [-0.15, -0.1) is 0 Å². The van der Waals surface area contributed by atoms with Gasteiger partial charge in [0.1, 0.15) is 11.2 Å². The summed E-state index contributed by atoms with van der Waals surface area (Å²) in [7, 11) is 0. The highest BCUT2D eigenvalue weighted by Gasteiger charge is 2.26. The van der Waals surface area contributed by atoms with Gasteiger partial charge in [0.15, 0.2) is 0 Å². The number of carbonyl (C=O) groups is 2. The molecular formula is C20H14O5. The Morgan fingerprint density at radius 3 is 1.52 bits per heavy atom. The third-order valence-electron chi connectivity index (χ3n) is 4.24. The summed E-state index contributed by atoms with van der Waals surface area (Å²) >= 11 is 0.